The van der Waals surface area contributed by atoms with Crippen molar-refractivity contribution in [3.8, 4) is 0 Å². The Morgan fingerprint density at radius 3 is 2.71 bits per heavy atom. The monoisotopic (exact) mass is 300 g/mol. The van der Waals surface area contributed by atoms with Crippen molar-refractivity contribution >= 4 is 33.5 Å². The van der Waals surface area contributed by atoms with E-state index in [0.717, 1.165) is 0 Å². The molecule has 1 aromatic carbocycles. The average Bonchev–Trinajstić information content (AvgIpc) is 2.30. The maximum absolute atomic E-state index is 11.8. The van der Waals surface area contributed by atoms with Crippen molar-refractivity contribution in [2.45, 2.75) is 13.0 Å². The quantitative estimate of drug-likeness (QED) is 0.652. The van der Waals surface area contributed by atoms with Gasteiger partial charge >= 0.3 is 5.97 Å². The van der Waals surface area contributed by atoms with E-state index in [9.17, 15) is 9.59 Å². The van der Waals surface area contributed by atoms with Crippen LogP contribution in [-0.4, -0.2) is 25.0 Å². The number of nitrogens with two attached hydrogens (primary N) is 1. The van der Waals surface area contributed by atoms with Crippen LogP contribution in [0.1, 0.15) is 17.3 Å². The van der Waals surface area contributed by atoms with E-state index in [0.29, 0.717) is 15.7 Å². The first-order valence-electron chi connectivity index (χ1n) is 4.93. The van der Waals surface area contributed by atoms with E-state index >= 15 is 0 Å². The van der Waals surface area contributed by atoms with E-state index in [1.165, 1.54) is 20.0 Å². The van der Waals surface area contributed by atoms with Crippen LogP contribution in [-0.2, 0) is 9.53 Å². The molecule has 1 aromatic rings. The molecule has 0 aliphatic carbocycles. The standard InChI is InChI=1S/C11H13BrN2O3/c1-6(10(15)14-2)17-11(16)8-5-7(13)3-4-9(8)12/h3-6H,13H2,1-2H3,(H,14,15). The lowest BCUT2D eigenvalue weighted by Crippen LogP contribution is -2.33. The fourth-order valence-electron chi connectivity index (χ4n) is 1.18. The van der Waals surface area contributed by atoms with Gasteiger partial charge in [-0.3, -0.25) is 4.79 Å². The summed E-state index contributed by atoms with van der Waals surface area (Å²) in [4.78, 5) is 23.0. The van der Waals surface area contributed by atoms with Crippen molar-refractivity contribution in [1.82, 2.24) is 5.32 Å². The van der Waals surface area contributed by atoms with Crippen LogP contribution in [0.25, 0.3) is 0 Å². The van der Waals surface area contributed by atoms with Crippen LogP contribution in [0.15, 0.2) is 22.7 Å². The molecule has 0 aliphatic heterocycles. The molecule has 0 spiro atoms. The van der Waals surface area contributed by atoms with Gasteiger partial charge in [-0.05, 0) is 41.1 Å². The average molecular weight is 301 g/mol. The minimum atomic E-state index is -0.846. The van der Waals surface area contributed by atoms with Crippen LogP contribution < -0.4 is 11.1 Å². The topological polar surface area (TPSA) is 81.4 Å². The first-order chi connectivity index (χ1) is 7.95. The summed E-state index contributed by atoms with van der Waals surface area (Å²) in [6.07, 6.45) is -0.846. The van der Waals surface area contributed by atoms with Crippen molar-refractivity contribution in [2.24, 2.45) is 0 Å². The van der Waals surface area contributed by atoms with Crippen molar-refractivity contribution in [3.63, 3.8) is 0 Å². The second-order valence-corrected chi connectivity index (χ2v) is 4.26. The van der Waals surface area contributed by atoms with Crippen LogP contribution in [0.3, 0.4) is 0 Å². The first-order valence-corrected chi connectivity index (χ1v) is 5.72. The van der Waals surface area contributed by atoms with Crippen LogP contribution in [0, 0.1) is 0 Å². The Balaban J connectivity index is 2.83. The normalized spacial score (nSPS) is 11.7. The molecule has 1 rings (SSSR count). The number of esters is 1. The van der Waals surface area contributed by atoms with E-state index in [1.807, 2.05) is 0 Å². The van der Waals surface area contributed by atoms with Gasteiger partial charge in [-0.2, -0.15) is 0 Å². The Bertz CT molecular complexity index is 448. The highest BCUT2D eigenvalue weighted by atomic mass is 79.9. The molecule has 0 bridgehead atoms. The number of nitrogens with one attached hydrogen (secondary N) is 1. The third-order valence-electron chi connectivity index (χ3n) is 2.11. The molecular formula is C11H13BrN2O3. The molecule has 0 aromatic heterocycles. The summed E-state index contributed by atoms with van der Waals surface area (Å²) in [5.41, 5.74) is 6.32. The number of hydrogen-bond donors (Lipinski definition) is 2. The molecule has 92 valence electrons. The highest BCUT2D eigenvalue weighted by molar-refractivity contribution is 9.10. The molecule has 1 amide bonds. The lowest BCUT2D eigenvalue weighted by Gasteiger charge is -2.12. The molecule has 0 aliphatic rings. The number of halogens is 1. The molecular weight excluding hydrogens is 288 g/mol. The predicted octanol–water partition coefficient (Wildman–Crippen LogP) is 1.32. The number of nitrogen functional groups attached to an aromatic ring is 1. The van der Waals surface area contributed by atoms with E-state index in [-0.39, 0.29) is 5.91 Å². The molecule has 1 unspecified atom stereocenters. The second-order valence-electron chi connectivity index (χ2n) is 3.40. The van der Waals surface area contributed by atoms with E-state index < -0.39 is 12.1 Å². The van der Waals surface area contributed by atoms with Gasteiger partial charge in [-0.1, -0.05) is 0 Å². The molecule has 0 radical (unpaired) electrons. The zero-order chi connectivity index (χ0) is 13.0. The summed E-state index contributed by atoms with van der Waals surface area (Å²) in [5.74, 6) is -0.960. The number of amides is 1. The van der Waals surface area contributed by atoms with Gasteiger partial charge in [0.05, 0.1) is 5.56 Å². The highest BCUT2D eigenvalue weighted by Crippen LogP contribution is 2.20. The van der Waals surface area contributed by atoms with Gasteiger partial charge < -0.3 is 15.8 Å². The van der Waals surface area contributed by atoms with Gasteiger partial charge in [0.25, 0.3) is 5.91 Å². The van der Waals surface area contributed by atoms with Gasteiger partial charge in [-0.15, -0.1) is 0 Å². The summed E-state index contributed by atoms with van der Waals surface area (Å²) < 4.78 is 5.56. The second kappa shape index (κ2) is 5.67. The van der Waals surface area contributed by atoms with E-state index in [1.54, 1.807) is 12.1 Å². The largest absolute Gasteiger partial charge is 0.449 e. The SMILES string of the molecule is CNC(=O)C(C)OC(=O)c1cc(N)ccc1Br. The smallest absolute Gasteiger partial charge is 0.340 e. The molecule has 17 heavy (non-hydrogen) atoms. The number of carbonyl (C=O) groups is 2. The summed E-state index contributed by atoms with van der Waals surface area (Å²) in [6.45, 7) is 1.50. The first kappa shape index (κ1) is 13.5. The number of anilines is 1. The Morgan fingerprint density at radius 2 is 2.12 bits per heavy atom. The third kappa shape index (κ3) is 3.45. The maximum atomic E-state index is 11.8. The number of benzene rings is 1. The van der Waals surface area contributed by atoms with Crippen LogP contribution >= 0.6 is 15.9 Å². The Hall–Kier alpha value is -1.56. The fourth-order valence-corrected chi connectivity index (χ4v) is 1.59. The number of rotatable bonds is 3. The van der Waals surface area contributed by atoms with Crippen LogP contribution in [0.5, 0.6) is 0 Å². The van der Waals surface area contributed by atoms with Crippen molar-refractivity contribution < 1.29 is 14.3 Å². The van der Waals surface area contributed by atoms with Gasteiger partial charge in [0, 0.05) is 17.2 Å². The summed E-state index contributed by atoms with van der Waals surface area (Å²) in [5, 5.41) is 2.39. The minimum Gasteiger partial charge on any atom is -0.449 e. The summed E-state index contributed by atoms with van der Waals surface area (Å²) >= 11 is 3.22. The zero-order valence-electron chi connectivity index (χ0n) is 9.49. The van der Waals surface area contributed by atoms with E-state index in [4.69, 9.17) is 10.5 Å². The van der Waals surface area contributed by atoms with Gasteiger partial charge in [-0.25, -0.2) is 4.79 Å². The van der Waals surface area contributed by atoms with Crippen molar-refractivity contribution in [3.05, 3.63) is 28.2 Å². The molecule has 0 saturated carbocycles. The number of ether oxygens (including phenoxy) is 1. The molecule has 3 N–H and O–H groups in total. The number of carbonyl (C=O) groups excluding carboxylic acids is 2. The lowest BCUT2D eigenvalue weighted by atomic mass is 10.2. The molecule has 0 fully saturated rings. The molecule has 1 atom stereocenters. The fraction of sp³-hybridized carbons (Fsp3) is 0.273. The zero-order valence-corrected chi connectivity index (χ0v) is 11.1. The molecule has 0 heterocycles. The molecule has 5 nitrogen and oxygen atoms in total. The third-order valence-corrected chi connectivity index (χ3v) is 2.80. The summed E-state index contributed by atoms with van der Waals surface area (Å²) in [6, 6.07) is 4.79. The Kier molecular flexibility index (Phi) is 4.51. The maximum Gasteiger partial charge on any atom is 0.340 e. The number of hydrogen-bond acceptors (Lipinski definition) is 4. The van der Waals surface area contributed by atoms with Crippen molar-refractivity contribution in [1.29, 1.82) is 0 Å². The van der Waals surface area contributed by atoms with Crippen LogP contribution in [0.2, 0.25) is 0 Å². The van der Waals surface area contributed by atoms with Gasteiger partial charge in [0.1, 0.15) is 0 Å². The summed E-state index contributed by atoms with van der Waals surface area (Å²) in [7, 11) is 1.48. The lowest BCUT2D eigenvalue weighted by molar-refractivity contribution is -0.128. The highest BCUT2D eigenvalue weighted by Gasteiger charge is 2.19. The van der Waals surface area contributed by atoms with Crippen molar-refractivity contribution in [2.75, 3.05) is 12.8 Å². The van der Waals surface area contributed by atoms with Gasteiger partial charge in [0.15, 0.2) is 6.10 Å². The minimum absolute atomic E-state index is 0.292. The predicted molar refractivity (Wildman–Crippen MR) is 67.5 cm³/mol. The number of likely N-dealkylation sites (N-methyl/N-ethyl adjacent to an activating group) is 1. The molecule has 6 heteroatoms. The van der Waals surface area contributed by atoms with Crippen LogP contribution in [0.4, 0.5) is 5.69 Å². The molecule has 0 saturated heterocycles. The Labute approximate surface area is 107 Å². The van der Waals surface area contributed by atoms with Gasteiger partial charge in [0.2, 0.25) is 0 Å². The Morgan fingerprint density at radius 1 is 1.47 bits per heavy atom. The van der Waals surface area contributed by atoms with E-state index in [2.05, 4.69) is 21.2 Å².